The molecule has 0 atom stereocenters. The summed E-state index contributed by atoms with van der Waals surface area (Å²) in [4.78, 5) is 4.43. The lowest BCUT2D eigenvalue weighted by Crippen LogP contribution is -2.31. The number of sulfonamides is 1. The van der Waals surface area contributed by atoms with E-state index in [-0.39, 0.29) is 11.8 Å². The Morgan fingerprint density at radius 1 is 1.07 bits per heavy atom. The maximum Gasteiger partial charge on any atom is 0.216 e. The fourth-order valence-corrected chi connectivity index (χ4v) is 5.05. The van der Waals surface area contributed by atoms with Crippen molar-refractivity contribution < 1.29 is 8.42 Å². The molecular weight excluding hydrogens is 384 g/mol. The molecule has 1 aliphatic carbocycles. The Labute approximate surface area is 173 Å². The van der Waals surface area contributed by atoms with E-state index in [0.29, 0.717) is 12.5 Å². The lowest BCUT2D eigenvalue weighted by Gasteiger charge is -2.19. The topological polar surface area (TPSA) is 96.6 Å². The van der Waals surface area contributed by atoms with E-state index >= 15 is 0 Å². The van der Waals surface area contributed by atoms with Crippen molar-refractivity contribution >= 4 is 21.7 Å². The third-order valence-electron chi connectivity index (χ3n) is 4.89. The SMILES string of the molecule is CC(C)NS(=O)(=O)Cc1ccc(CN=C(N)Nc2cccc3c2CCCC3)cc1. The zero-order valence-electron chi connectivity index (χ0n) is 17.1. The molecule has 156 valence electrons. The molecule has 0 radical (unpaired) electrons. The van der Waals surface area contributed by atoms with Crippen LogP contribution in [-0.4, -0.2) is 20.4 Å². The fraction of sp³-hybridized carbons (Fsp3) is 0.409. The van der Waals surface area contributed by atoms with Crippen LogP contribution in [0.2, 0.25) is 0 Å². The molecule has 0 aromatic heterocycles. The van der Waals surface area contributed by atoms with Gasteiger partial charge in [-0.15, -0.1) is 0 Å². The number of anilines is 1. The third kappa shape index (κ3) is 6.30. The average molecular weight is 415 g/mol. The highest BCUT2D eigenvalue weighted by Crippen LogP contribution is 2.27. The summed E-state index contributed by atoms with van der Waals surface area (Å²) in [6, 6.07) is 13.6. The summed E-state index contributed by atoms with van der Waals surface area (Å²) in [6.45, 7) is 4.05. The molecule has 0 fully saturated rings. The monoisotopic (exact) mass is 414 g/mol. The number of aryl methyl sites for hydroxylation is 1. The standard InChI is InChI=1S/C22H30N4O2S/c1-16(2)26-29(27,28)15-18-12-10-17(11-13-18)14-24-22(23)25-21-9-5-7-19-6-3-4-8-20(19)21/h5,7,9-13,16,26H,3-4,6,8,14-15H2,1-2H3,(H3,23,24,25). The Hall–Kier alpha value is -2.38. The Morgan fingerprint density at radius 3 is 2.48 bits per heavy atom. The van der Waals surface area contributed by atoms with E-state index in [1.165, 1.54) is 24.0 Å². The molecule has 0 spiro atoms. The fourth-order valence-electron chi connectivity index (χ4n) is 3.61. The molecular formula is C22H30N4O2S. The first kappa shape index (κ1) is 21.3. The molecule has 0 saturated carbocycles. The number of guanidine groups is 1. The second kappa shape index (κ2) is 9.41. The van der Waals surface area contributed by atoms with Crippen LogP contribution in [0.15, 0.2) is 47.5 Å². The van der Waals surface area contributed by atoms with Crippen molar-refractivity contribution in [2.45, 2.75) is 57.9 Å². The summed E-state index contributed by atoms with van der Waals surface area (Å²) in [5, 5.41) is 3.24. The summed E-state index contributed by atoms with van der Waals surface area (Å²) in [5.41, 5.74) is 11.6. The van der Waals surface area contributed by atoms with E-state index < -0.39 is 10.0 Å². The lowest BCUT2D eigenvalue weighted by atomic mass is 9.90. The highest BCUT2D eigenvalue weighted by atomic mass is 32.2. The lowest BCUT2D eigenvalue weighted by molar-refractivity contribution is 0.569. The highest BCUT2D eigenvalue weighted by Gasteiger charge is 2.14. The number of rotatable bonds is 7. The molecule has 0 saturated heterocycles. The van der Waals surface area contributed by atoms with Crippen molar-refractivity contribution in [1.29, 1.82) is 0 Å². The number of nitrogens with one attached hydrogen (secondary N) is 2. The second-order valence-electron chi connectivity index (χ2n) is 7.82. The van der Waals surface area contributed by atoms with E-state index in [1.54, 1.807) is 0 Å². The molecule has 1 aliphatic rings. The minimum Gasteiger partial charge on any atom is -0.370 e. The first-order valence-corrected chi connectivity index (χ1v) is 11.7. The zero-order chi connectivity index (χ0) is 20.9. The molecule has 0 heterocycles. The van der Waals surface area contributed by atoms with Crippen molar-refractivity contribution in [1.82, 2.24) is 4.72 Å². The van der Waals surface area contributed by atoms with E-state index in [4.69, 9.17) is 5.73 Å². The van der Waals surface area contributed by atoms with Gasteiger partial charge in [-0.05, 0) is 67.9 Å². The van der Waals surface area contributed by atoms with Gasteiger partial charge in [0.25, 0.3) is 0 Å². The average Bonchev–Trinajstić information content (AvgIpc) is 2.66. The van der Waals surface area contributed by atoms with Crippen LogP contribution in [0.5, 0.6) is 0 Å². The number of nitrogens with zero attached hydrogens (tertiary/aromatic N) is 1. The smallest absolute Gasteiger partial charge is 0.216 e. The molecule has 6 nitrogen and oxygen atoms in total. The van der Waals surface area contributed by atoms with Crippen molar-refractivity contribution in [2.24, 2.45) is 10.7 Å². The Morgan fingerprint density at radius 2 is 1.76 bits per heavy atom. The van der Waals surface area contributed by atoms with Gasteiger partial charge in [0.05, 0.1) is 12.3 Å². The van der Waals surface area contributed by atoms with Gasteiger partial charge < -0.3 is 11.1 Å². The number of fused-ring (bicyclic) bond motifs is 1. The quantitative estimate of drug-likeness (QED) is 0.478. The van der Waals surface area contributed by atoms with Gasteiger partial charge in [-0.25, -0.2) is 18.1 Å². The van der Waals surface area contributed by atoms with Crippen LogP contribution in [0.4, 0.5) is 5.69 Å². The zero-order valence-corrected chi connectivity index (χ0v) is 17.9. The van der Waals surface area contributed by atoms with Gasteiger partial charge in [-0.3, -0.25) is 0 Å². The summed E-state index contributed by atoms with van der Waals surface area (Å²) >= 11 is 0. The van der Waals surface area contributed by atoms with Gasteiger partial charge in [0.2, 0.25) is 10.0 Å². The van der Waals surface area contributed by atoms with Gasteiger partial charge in [0.15, 0.2) is 5.96 Å². The maximum atomic E-state index is 12.0. The molecule has 2 aromatic carbocycles. The Kier molecular flexibility index (Phi) is 6.92. The molecule has 3 rings (SSSR count). The van der Waals surface area contributed by atoms with Crippen LogP contribution in [0.3, 0.4) is 0 Å². The predicted octanol–water partition coefficient (Wildman–Crippen LogP) is 3.32. The van der Waals surface area contributed by atoms with Crippen LogP contribution in [0, 0.1) is 0 Å². The van der Waals surface area contributed by atoms with Crippen LogP contribution in [-0.2, 0) is 35.2 Å². The van der Waals surface area contributed by atoms with Crippen LogP contribution < -0.4 is 15.8 Å². The number of benzene rings is 2. The number of hydrogen-bond acceptors (Lipinski definition) is 3. The van der Waals surface area contributed by atoms with Crippen LogP contribution in [0.1, 0.15) is 48.9 Å². The minimum atomic E-state index is -3.32. The van der Waals surface area contributed by atoms with Crippen molar-refractivity contribution in [3.8, 4) is 0 Å². The van der Waals surface area contributed by atoms with Gasteiger partial charge >= 0.3 is 0 Å². The molecule has 0 amide bonds. The minimum absolute atomic E-state index is 0.0302. The van der Waals surface area contributed by atoms with Gasteiger partial charge in [-0.2, -0.15) is 0 Å². The van der Waals surface area contributed by atoms with Crippen LogP contribution in [0.25, 0.3) is 0 Å². The van der Waals surface area contributed by atoms with Crippen LogP contribution >= 0.6 is 0 Å². The largest absolute Gasteiger partial charge is 0.370 e. The first-order chi connectivity index (χ1) is 13.8. The Bertz CT molecular complexity index is 967. The third-order valence-corrected chi connectivity index (χ3v) is 6.43. The Balaban J connectivity index is 1.60. The van der Waals surface area contributed by atoms with E-state index in [1.807, 2.05) is 44.2 Å². The van der Waals surface area contributed by atoms with Gasteiger partial charge in [-0.1, -0.05) is 36.4 Å². The van der Waals surface area contributed by atoms with E-state index in [2.05, 4.69) is 27.2 Å². The maximum absolute atomic E-state index is 12.0. The molecule has 0 unspecified atom stereocenters. The molecule has 7 heteroatoms. The van der Waals surface area contributed by atoms with E-state index in [9.17, 15) is 8.42 Å². The predicted molar refractivity (Wildman–Crippen MR) is 119 cm³/mol. The van der Waals surface area contributed by atoms with E-state index in [0.717, 1.165) is 29.7 Å². The molecule has 0 bridgehead atoms. The summed E-state index contributed by atoms with van der Waals surface area (Å²) in [7, 11) is -3.32. The van der Waals surface area contributed by atoms with Crippen molar-refractivity contribution in [3.05, 3.63) is 64.7 Å². The number of hydrogen-bond donors (Lipinski definition) is 3. The second-order valence-corrected chi connectivity index (χ2v) is 9.58. The van der Waals surface area contributed by atoms with Gasteiger partial charge in [0.1, 0.15) is 0 Å². The summed E-state index contributed by atoms with van der Waals surface area (Å²) < 4.78 is 26.6. The first-order valence-electron chi connectivity index (χ1n) is 10.1. The number of aliphatic imine (C=N–C) groups is 1. The normalized spacial score (nSPS) is 14.7. The van der Waals surface area contributed by atoms with Crippen molar-refractivity contribution in [3.63, 3.8) is 0 Å². The van der Waals surface area contributed by atoms with Gasteiger partial charge in [0, 0.05) is 11.7 Å². The molecule has 29 heavy (non-hydrogen) atoms. The molecule has 0 aliphatic heterocycles. The van der Waals surface area contributed by atoms with Crippen molar-refractivity contribution in [2.75, 3.05) is 5.32 Å². The summed E-state index contributed by atoms with van der Waals surface area (Å²) in [5.74, 6) is 0.356. The highest BCUT2D eigenvalue weighted by molar-refractivity contribution is 7.88. The number of nitrogens with two attached hydrogens (primary N) is 1. The molecule has 4 N–H and O–H groups in total. The summed E-state index contributed by atoms with van der Waals surface area (Å²) in [6.07, 6.45) is 4.64. The molecule has 2 aromatic rings.